The molecule has 0 unspecified atom stereocenters. The topological polar surface area (TPSA) is 79.4 Å². The molecule has 0 bridgehead atoms. The molecule has 2 aromatic rings. The molecule has 2 heterocycles. The van der Waals surface area contributed by atoms with E-state index in [1.54, 1.807) is 12.3 Å². The minimum absolute atomic E-state index is 0.127. The largest absolute Gasteiger partial charge is 0.325 e. The maximum absolute atomic E-state index is 12.0. The Morgan fingerprint density at radius 3 is 2.95 bits per heavy atom. The molecule has 0 spiro atoms. The van der Waals surface area contributed by atoms with E-state index in [1.807, 2.05) is 24.3 Å². The lowest BCUT2D eigenvalue weighted by atomic mass is 10.2. The number of fused-ring (bicyclic) bond motifs is 1. The highest BCUT2D eigenvalue weighted by Crippen LogP contribution is 2.18. The number of amides is 1. The molecule has 3 rings (SSSR count). The van der Waals surface area contributed by atoms with Crippen molar-refractivity contribution in [3.8, 4) is 0 Å². The summed E-state index contributed by atoms with van der Waals surface area (Å²) in [6.07, 6.45) is 2.29. The van der Waals surface area contributed by atoms with E-state index in [0.29, 0.717) is 18.7 Å². The maximum atomic E-state index is 12.0. The van der Waals surface area contributed by atoms with E-state index < -0.39 is 10.0 Å². The molecule has 1 amide bonds. The van der Waals surface area contributed by atoms with Crippen LogP contribution < -0.4 is 5.32 Å². The molecule has 0 saturated carbocycles. The van der Waals surface area contributed by atoms with Crippen LogP contribution in [-0.2, 0) is 14.8 Å². The Morgan fingerprint density at radius 1 is 1.33 bits per heavy atom. The van der Waals surface area contributed by atoms with Gasteiger partial charge in [0, 0.05) is 23.8 Å². The summed E-state index contributed by atoms with van der Waals surface area (Å²) in [5.41, 5.74) is 1.48. The van der Waals surface area contributed by atoms with Gasteiger partial charge in [-0.2, -0.15) is 4.31 Å². The predicted octanol–water partition coefficient (Wildman–Crippen LogP) is 1.21. The van der Waals surface area contributed by atoms with Gasteiger partial charge in [-0.05, 0) is 30.7 Å². The van der Waals surface area contributed by atoms with Crippen molar-refractivity contribution in [2.24, 2.45) is 0 Å². The molecule has 7 heteroatoms. The molecule has 1 aromatic carbocycles. The van der Waals surface area contributed by atoms with E-state index in [-0.39, 0.29) is 18.2 Å². The van der Waals surface area contributed by atoms with E-state index in [1.165, 1.54) is 4.31 Å². The van der Waals surface area contributed by atoms with Crippen LogP contribution in [0.1, 0.15) is 6.42 Å². The second kappa shape index (κ2) is 5.42. The number of aromatic nitrogens is 1. The van der Waals surface area contributed by atoms with Gasteiger partial charge >= 0.3 is 0 Å². The molecule has 1 fully saturated rings. The van der Waals surface area contributed by atoms with Crippen molar-refractivity contribution >= 4 is 32.5 Å². The zero-order valence-corrected chi connectivity index (χ0v) is 12.1. The van der Waals surface area contributed by atoms with Crippen molar-refractivity contribution in [2.75, 3.05) is 24.2 Å². The Kier molecular flexibility index (Phi) is 3.60. The number of sulfonamides is 1. The lowest BCUT2D eigenvalue weighted by Crippen LogP contribution is -2.34. The summed E-state index contributed by atoms with van der Waals surface area (Å²) in [6, 6.07) is 9.12. The van der Waals surface area contributed by atoms with E-state index in [9.17, 15) is 13.2 Å². The molecular weight excluding hydrogens is 290 g/mol. The molecular formula is C14H15N3O3S. The normalized spacial score (nSPS) is 17.9. The fourth-order valence-electron chi connectivity index (χ4n) is 2.38. The first-order valence-electron chi connectivity index (χ1n) is 6.67. The van der Waals surface area contributed by atoms with Crippen LogP contribution in [0, 0.1) is 0 Å². The highest BCUT2D eigenvalue weighted by Gasteiger charge is 2.29. The number of rotatable bonds is 3. The molecule has 1 saturated heterocycles. The Bertz CT molecular complexity index is 789. The van der Waals surface area contributed by atoms with Crippen LogP contribution in [0.2, 0.25) is 0 Å². The van der Waals surface area contributed by atoms with E-state index in [0.717, 1.165) is 10.9 Å². The number of nitrogens with zero attached hydrogens (tertiary/aromatic N) is 2. The van der Waals surface area contributed by atoms with Gasteiger partial charge in [0.05, 0.1) is 17.8 Å². The fourth-order valence-corrected chi connectivity index (χ4v) is 3.86. The number of pyridine rings is 1. The molecule has 6 nitrogen and oxygen atoms in total. The summed E-state index contributed by atoms with van der Waals surface area (Å²) < 4.78 is 24.6. The summed E-state index contributed by atoms with van der Waals surface area (Å²) in [6.45, 7) is 0.283. The van der Waals surface area contributed by atoms with E-state index in [4.69, 9.17) is 0 Å². The van der Waals surface area contributed by atoms with Crippen molar-refractivity contribution in [3.63, 3.8) is 0 Å². The summed E-state index contributed by atoms with van der Waals surface area (Å²) in [5.74, 6) is -0.203. The third-order valence-corrected chi connectivity index (χ3v) is 5.31. The standard InChI is InChI=1S/C14H15N3O3S/c18-14(10-17-7-2-8-21(17,19)20)16-12-4-5-13-11(9-12)3-1-6-15-13/h1,3-6,9H,2,7-8,10H2,(H,16,18). The minimum atomic E-state index is -3.25. The average Bonchev–Trinajstić information content (AvgIpc) is 2.77. The Morgan fingerprint density at radius 2 is 2.19 bits per heavy atom. The highest BCUT2D eigenvalue weighted by molar-refractivity contribution is 7.89. The van der Waals surface area contributed by atoms with Crippen molar-refractivity contribution in [1.82, 2.24) is 9.29 Å². The van der Waals surface area contributed by atoms with Gasteiger partial charge in [0.25, 0.3) is 0 Å². The zero-order chi connectivity index (χ0) is 14.9. The highest BCUT2D eigenvalue weighted by atomic mass is 32.2. The SMILES string of the molecule is O=C(CN1CCCS1(=O)=O)Nc1ccc2ncccc2c1. The molecule has 0 atom stereocenters. The maximum Gasteiger partial charge on any atom is 0.239 e. The van der Waals surface area contributed by atoms with Crippen LogP contribution in [0.5, 0.6) is 0 Å². The first-order valence-corrected chi connectivity index (χ1v) is 8.28. The van der Waals surface area contributed by atoms with Gasteiger partial charge in [0.1, 0.15) is 0 Å². The van der Waals surface area contributed by atoms with Crippen molar-refractivity contribution in [2.45, 2.75) is 6.42 Å². The van der Waals surface area contributed by atoms with Crippen molar-refractivity contribution in [1.29, 1.82) is 0 Å². The van der Waals surface area contributed by atoms with E-state index >= 15 is 0 Å². The minimum Gasteiger partial charge on any atom is -0.325 e. The molecule has 0 aliphatic carbocycles. The van der Waals surface area contributed by atoms with E-state index in [2.05, 4.69) is 10.3 Å². The first-order chi connectivity index (χ1) is 10.0. The quantitative estimate of drug-likeness (QED) is 0.924. The van der Waals surface area contributed by atoms with Gasteiger partial charge in [-0.25, -0.2) is 8.42 Å². The van der Waals surface area contributed by atoms with Gasteiger partial charge in [-0.1, -0.05) is 6.07 Å². The van der Waals surface area contributed by atoms with Crippen LogP contribution >= 0.6 is 0 Å². The second-order valence-corrected chi connectivity index (χ2v) is 7.05. The number of nitrogens with one attached hydrogen (secondary N) is 1. The number of carbonyl (C=O) groups excluding carboxylic acids is 1. The molecule has 1 N–H and O–H groups in total. The molecule has 21 heavy (non-hydrogen) atoms. The van der Waals surface area contributed by atoms with Crippen LogP contribution in [0.3, 0.4) is 0 Å². The molecule has 1 aliphatic rings. The fraction of sp³-hybridized carbons (Fsp3) is 0.286. The van der Waals surface area contributed by atoms with Gasteiger partial charge < -0.3 is 5.32 Å². The Hall–Kier alpha value is -1.99. The van der Waals surface area contributed by atoms with Crippen molar-refractivity contribution < 1.29 is 13.2 Å². The number of hydrogen-bond acceptors (Lipinski definition) is 4. The number of benzene rings is 1. The lowest BCUT2D eigenvalue weighted by molar-refractivity contribution is -0.116. The van der Waals surface area contributed by atoms with Gasteiger partial charge in [0.15, 0.2) is 0 Å². The molecule has 1 aromatic heterocycles. The van der Waals surface area contributed by atoms with Crippen molar-refractivity contribution in [3.05, 3.63) is 36.5 Å². The first kappa shape index (κ1) is 14.0. The predicted molar refractivity (Wildman–Crippen MR) is 80.3 cm³/mol. The average molecular weight is 305 g/mol. The molecule has 0 radical (unpaired) electrons. The van der Waals surface area contributed by atoms with Crippen LogP contribution in [0.15, 0.2) is 36.5 Å². The van der Waals surface area contributed by atoms with Gasteiger partial charge in [-0.15, -0.1) is 0 Å². The second-order valence-electron chi connectivity index (χ2n) is 4.96. The van der Waals surface area contributed by atoms with Crippen LogP contribution in [-0.4, -0.2) is 42.5 Å². The van der Waals surface area contributed by atoms with Crippen LogP contribution in [0.25, 0.3) is 10.9 Å². The summed E-state index contributed by atoms with van der Waals surface area (Å²) >= 11 is 0. The Labute approximate surface area is 122 Å². The third kappa shape index (κ3) is 3.03. The van der Waals surface area contributed by atoms with Gasteiger partial charge in [-0.3, -0.25) is 9.78 Å². The smallest absolute Gasteiger partial charge is 0.239 e. The molecule has 1 aliphatic heterocycles. The lowest BCUT2D eigenvalue weighted by Gasteiger charge is -2.14. The zero-order valence-electron chi connectivity index (χ0n) is 11.3. The number of anilines is 1. The third-order valence-electron chi connectivity index (χ3n) is 3.41. The monoisotopic (exact) mass is 305 g/mol. The summed E-state index contributed by atoms with van der Waals surface area (Å²) in [4.78, 5) is 16.2. The number of hydrogen-bond donors (Lipinski definition) is 1. The summed E-state index contributed by atoms with van der Waals surface area (Å²) in [7, 11) is -3.25. The Balaban J connectivity index is 1.71. The summed E-state index contributed by atoms with van der Waals surface area (Å²) in [5, 5.41) is 3.65. The molecule has 110 valence electrons. The number of carbonyl (C=O) groups is 1. The van der Waals surface area contributed by atoms with Crippen LogP contribution in [0.4, 0.5) is 5.69 Å². The van der Waals surface area contributed by atoms with Gasteiger partial charge in [0.2, 0.25) is 15.9 Å².